The van der Waals surface area contributed by atoms with Crippen molar-refractivity contribution in [2.45, 2.75) is 52.8 Å². The van der Waals surface area contributed by atoms with E-state index in [2.05, 4.69) is 29.5 Å². The first kappa shape index (κ1) is 24.0. The zero-order valence-corrected chi connectivity index (χ0v) is 16.1. The van der Waals surface area contributed by atoms with Crippen molar-refractivity contribution >= 4 is 29.9 Å². The summed E-state index contributed by atoms with van der Waals surface area (Å²) in [6.07, 6.45) is -4.15. The normalized spacial score (nSPS) is 13.7. The van der Waals surface area contributed by atoms with E-state index in [4.69, 9.17) is 4.74 Å². The van der Waals surface area contributed by atoms with Gasteiger partial charge in [0.2, 0.25) is 0 Å². The molecule has 0 rings (SSSR count). The lowest BCUT2D eigenvalue weighted by Gasteiger charge is -2.20. The van der Waals surface area contributed by atoms with Crippen molar-refractivity contribution in [1.82, 2.24) is 10.6 Å². The van der Waals surface area contributed by atoms with E-state index >= 15 is 0 Å². The lowest BCUT2D eigenvalue weighted by atomic mass is 10.0. The molecule has 22 heavy (non-hydrogen) atoms. The molecule has 0 amide bonds. The molecule has 0 bridgehead atoms. The average Bonchev–Trinajstić information content (AvgIpc) is 2.36. The second-order valence-electron chi connectivity index (χ2n) is 5.08. The Balaban J connectivity index is 0. The molecule has 0 aromatic rings. The topological polar surface area (TPSA) is 45.7 Å². The van der Waals surface area contributed by atoms with Gasteiger partial charge in [0.15, 0.2) is 5.96 Å². The SMILES string of the molecule is CCNC(=NCCC(OCC)C(C)C)NCCC(F)(F)F.I. The van der Waals surface area contributed by atoms with Gasteiger partial charge in [-0.15, -0.1) is 24.0 Å². The fourth-order valence-electron chi connectivity index (χ4n) is 1.79. The van der Waals surface area contributed by atoms with Gasteiger partial charge in [0.1, 0.15) is 0 Å². The van der Waals surface area contributed by atoms with Crippen LogP contribution in [0.3, 0.4) is 0 Å². The lowest BCUT2D eigenvalue weighted by molar-refractivity contribution is -0.132. The van der Waals surface area contributed by atoms with Gasteiger partial charge < -0.3 is 15.4 Å². The lowest BCUT2D eigenvalue weighted by Crippen LogP contribution is -2.39. The maximum atomic E-state index is 12.1. The largest absolute Gasteiger partial charge is 0.390 e. The molecule has 134 valence electrons. The molecular formula is C14H29F3IN3O. The number of guanidine groups is 1. The Kier molecular flexibility index (Phi) is 14.4. The number of aliphatic imine (C=N–C) groups is 1. The zero-order valence-electron chi connectivity index (χ0n) is 13.8. The highest BCUT2D eigenvalue weighted by Crippen LogP contribution is 2.18. The van der Waals surface area contributed by atoms with Crippen LogP contribution in [-0.4, -0.2) is 44.5 Å². The predicted molar refractivity (Wildman–Crippen MR) is 94.9 cm³/mol. The van der Waals surface area contributed by atoms with Gasteiger partial charge in [0.25, 0.3) is 0 Å². The van der Waals surface area contributed by atoms with Crippen LogP contribution < -0.4 is 10.6 Å². The Morgan fingerprint density at radius 2 is 1.82 bits per heavy atom. The molecule has 0 radical (unpaired) electrons. The molecule has 8 heteroatoms. The van der Waals surface area contributed by atoms with E-state index < -0.39 is 12.6 Å². The number of nitrogens with one attached hydrogen (secondary N) is 2. The van der Waals surface area contributed by atoms with E-state index in [0.717, 1.165) is 6.42 Å². The number of rotatable bonds is 9. The number of halogens is 4. The second kappa shape index (κ2) is 13.2. The third kappa shape index (κ3) is 13.4. The first-order chi connectivity index (χ1) is 9.80. The summed E-state index contributed by atoms with van der Waals surface area (Å²) >= 11 is 0. The number of ether oxygens (including phenoxy) is 1. The van der Waals surface area contributed by atoms with Crippen molar-refractivity contribution in [2.75, 3.05) is 26.2 Å². The van der Waals surface area contributed by atoms with E-state index in [-0.39, 0.29) is 36.6 Å². The molecule has 0 aromatic carbocycles. The number of hydrogen-bond acceptors (Lipinski definition) is 2. The summed E-state index contributed by atoms with van der Waals surface area (Å²) < 4.78 is 41.9. The van der Waals surface area contributed by atoms with Crippen LogP contribution in [0.4, 0.5) is 13.2 Å². The summed E-state index contributed by atoms with van der Waals surface area (Å²) in [4.78, 5) is 4.28. The molecule has 1 atom stereocenters. The molecule has 0 fully saturated rings. The fourth-order valence-corrected chi connectivity index (χ4v) is 1.79. The Labute approximate surface area is 148 Å². The number of nitrogens with zero attached hydrogens (tertiary/aromatic N) is 1. The Bertz CT molecular complexity index is 300. The van der Waals surface area contributed by atoms with Crippen LogP contribution in [-0.2, 0) is 4.74 Å². The minimum Gasteiger partial charge on any atom is -0.378 e. The van der Waals surface area contributed by atoms with Crippen molar-refractivity contribution in [3.8, 4) is 0 Å². The number of hydrogen-bond donors (Lipinski definition) is 2. The van der Waals surface area contributed by atoms with E-state index in [1.165, 1.54) is 0 Å². The van der Waals surface area contributed by atoms with Crippen molar-refractivity contribution in [3.63, 3.8) is 0 Å². The van der Waals surface area contributed by atoms with Crippen molar-refractivity contribution in [3.05, 3.63) is 0 Å². The van der Waals surface area contributed by atoms with Gasteiger partial charge in [-0.25, -0.2) is 0 Å². The highest BCUT2D eigenvalue weighted by atomic mass is 127. The standard InChI is InChI=1S/C14H28F3N3O.HI/c1-5-18-13(20-10-8-14(15,16)17)19-9-7-12(11(3)4)21-6-2;/h11-12H,5-10H2,1-4H3,(H2,18,19,20);1H. The first-order valence-electron chi connectivity index (χ1n) is 7.50. The van der Waals surface area contributed by atoms with Crippen molar-refractivity contribution < 1.29 is 17.9 Å². The molecule has 0 aliphatic rings. The van der Waals surface area contributed by atoms with Crippen LogP contribution in [0, 0.1) is 5.92 Å². The third-order valence-electron chi connectivity index (χ3n) is 2.85. The molecule has 0 spiro atoms. The molecule has 0 aliphatic carbocycles. The molecule has 0 aromatic heterocycles. The van der Waals surface area contributed by atoms with Crippen molar-refractivity contribution in [1.29, 1.82) is 0 Å². The summed E-state index contributed by atoms with van der Waals surface area (Å²) in [5, 5.41) is 5.62. The molecule has 0 heterocycles. The summed E-state index contributed by atoms with van der Waals surface area (Å²) in [5.41, 5.74) is 0. The van der Waals surface area contributed by atoms with Crippen LogP contribution in [0.25, 0.3) is 0 Å². The summed E-state index contributed by atoms with van der Waals surface area (Å²) in [5.74, 6) is 0.807. The Morgan fingerprint density at radius 1 is 1.18 bits per heavy atom. The summed E-state index contributed by atoms with van der Waals surface area (Å²) in [6, 6.07) is 0. The van der Waals surface area contributed by atoms with Crippen molar-refractivity contribution in [2.24, 2.45) is 10.9 Å². The fraction of sp³-hybridized carbons (Fsp3) is 0.929. The van der Waals surface area contributed by atoms with Crippen LogP contribution in [0.5, 0.6) is 0 Å². The van der Waals surface area contributed by atoms with E-state index in [1.807, 2.05) is 13.8 Å². The van der Waals surface area contributed by atoms with Gasteiger partial charge >= 0.3 is 6.18 Å². The summed E-state index contributed by atoms with van der Waals surface area (Å²) in [7, 11) is 0. The van der Waals surface area contributed by atoms with Gasteiger partial charge in [0, 0.05) is 26.2 Å². The Hall–Kier alpha value is -0.250. The van der Waals surface area contributed by atoms with Gasteiger partial charge in [-0.05, 0) is 26.2 Å². The number of alkyl halides is 3. The van der Waals surface area contributed by atoms with E-state index in [1.54, 1.807) is 0 Å². The zero-order chi connectivity index (χ0) is 16.3. The van der Waals surface area contributed by atoms with Crippen LogP contribution in [0.15, 0.2) is 4.99 Å². The predicted octanol–water partition coefficient (Wildman–Crippen LogP) is 3.56. The third-order valence-corrected chi connectivity index (χ3v) is 2.85. The average molecular weight is 439 g/mol. The van der Waals surface area contributed by atoms with E-state index in [0.29, 0.717) is 31.6 Å². The maximum Gasteiger partial charge on any atom is 0.390 e. The molecule has 2 N–H and O–H groups in total. The first-order valence-corrected chi connectivity index (χ1v) is 7.50. The second-order valence-corrected chi connectivity index (χ2v) is 5.08. The molecule has 0 saturated carbocycles. The summed E-state index contributed by atoms with van der Waals surface area (Å²) in [6.45, 7) is 9.58. The van der Waals surface area contributed by atoms with Gasteiger partial charge in [0.05, 0.1) is 12.5 Å². The quantitative estimate of drug-likeness (QED) is 0.328. The minimum atomic E-state index is -4.15. The highest BCUT2D eigenvalue weighted by molar-refractivity contribution is 14.0. The molecular weight excluding hydrogens is 410 g/mol. The molecule has 0 aliphatic heterocycles. The van der Waals surface area contributed by atoms with Gasteiger partial charge in [-0.3, -0.25) is 4.99 Å². The smallest absolute Gasteiger partial charge is 0.378 e. The molecule has 1 unspecified atom stereocenters. The van der Waals surface area contributed by atoms with Gasteiger partial charge in [-0.2, -0.15) is 13.2 Å². The van der Waals surface area contributed by atoms with Crippen LogP contribution in [0.1, 0.15) is 40.5 Å². The van der Waals surface area contributed by atoms with Gasteiger partial charge in [-0.1, -0.05) is 13.8 Å². The van der Waals surface area contributed by atoms with Crippen LogP contribution >= 0.6 is 24.0 Å². The Morgan fingerprint density at radius 3 is 2.27 bits per heavy atom. The highest BCUT2D eigenvalue weighted by Gasteiger charge is 2.26. The monoisotopic (exact) mass is 439 g/mol. The van der Waals surface area contributed by atoms with Crippen LogP contribution in [0.2, 0.25) is 0 Å². The van der Waals surface area contributed by atoms with E-state index in [9.17, 15) is 13.2 Å². The minimum absolute atomic E-state index is 0. The molecule has 4 nitrogen and oxygen atoms in total. The molecule has 0 saturated heterocycles. The maximum absolute atomic E-state index is 12.1.